The second-order valence-corrected chi connectivity index (χ2v) is 10.5. The van der Waals surface area contributed by atoms with Crippen molar-refractivity contribution in [3.63, 3.8) is 0 Å². The van der Waals surface area contributed by atoms with Crippen LogP contribution in [0.25, 0.3) is 0 Å². The van der Waals surface area contributed by atoms with Gasteiger partial charge in [-0.3, -0.25) is 15.0 Å². The fourth-order valence-corrected chi connectivity index (χ4v) is 5.41. The lowest BCUT2D eigenvalue weighted by molar-refractivity contribution is 0.102. The highest BCUT2D eigenvalue weighted by atomic mass is 35.5. The summed E-state index contributed by atoms with van der Waals surface area (Å²) in [6.07, 6.45) is 0.811. The molecule has 7 nitrogen and oxygen atoms in total. The highest BCUT2D eigenvalue weighted by molar-refractivity contribution is 7.89. The number of hydrogen-bond donors (Lipinski definition) is 2. The van der Waals surface area contributed by atoms with Crippen molar-refractivity contribution >= 4 is 44.0 Å². The van der Waals surface area contributed by atoms with Crippen molar-refractivity contribution in [2.45, 2.75) is 24.4 Å². The molecule has 2 heterocycles. The van der Waals surface area contributed by atoms with Crippen molar-refractivity contribution < 1.29 is 13.2 Å². The summed E-state index contributed by atoms with van der Waals surface area (Å²) >= 11 is 7.58. The van der Waals surface area contributed by atoms with Gasteiger partial charge in [-0.05, 0) is 30.8 Å². The molecule has 0 bridgehead atoms. The Morgan fingerprint density at radius 2 is 2.00 bits per heavy atom. The van der Waals surface area contributed by atoms with Crippen molar-refractivity contribution in [1.29, 1.82) is 0 Å². The number of rotatable bonds is 6. The molecule has 10 heteroatoms. The third-order valence-electron chi connectivity index (χ3n) is 5.04. The zero-order chi connectivity index (χ0) is 22.0. The molecule has 0 saturated carbocycles. The summed E-state index contributed by atoms with van der Waals surface area (Å²) in [5, 5.41) is 3.42. The lowest BCUT2D eigenvalue weighted by atomic mass is 10.1. The Labute approximate surface area is 190 Å². The average molecular weight is 477 g/mol. The Morgan fingerprint density at radius 3 is 2.74 bits per heavy atom. The van der Waals surface area contributed by atoms with E-state index >= 15 is 0 Å². The van der Waals surface area contributed by atoms with E-state index in [9.17, 15) is 13.2 Å². The van der Waals surface area contributed by atoms with E-state index in [1.807, 2.05) is 18.2 Å². The largest absolute Gasteiger partial charge is 0.298 e. The predicted octanol–water partition coefficient (Wildman–Crippen LogP) is 3.52. The summed E-state index contributed by atoms with van der Waals surface area (Å²) < 4.78 is 26.3. The van der Waals surface area contributed by atoms with Gasteiger partial charge in [0.25, 0.3) is 5.91 Å². The number of amides is 1. The molecule has 0 saturated heterocycles. The minimum atomic E-state index is -3.69. The molecule has 162 valence electrons. The maximum absolute atomic E-state index is 12.8. The molecule has 4 rings (SSSR count). The van der Waals surface area contributed by atoms with Gasteiger partial charge in [-0.1, -0.05) is 41.9 Å². The quantitative estimate of drug-likeness (QED) is 0.568. The lowest BCUT2D eigenvalue weighted by Crippen LogP contribution is -2.29. The number of thiazole rings is 1. The normalized spacial score (nSPS) is 14.3. The fourth-order valence-electron chi connectivity index (χ4n) is 3.41. The minimum absolute atomic E-state index is 0.0282. The summed E-state index contributed by atoms with van der Waals surface area (Å²) in [6.45, 7) is 2.53. The Hall–Kier alpha value is -2.30. The maximum Gasteiger partial charge on any atom is 0.259 e. The van der Waals surface area contributed by atoms with E-state index in [4.69, 9.17) is 11.6 Å². The molecule has 0 aliphatic carbocycles. The van der Waals surface area contributed by atoms with Gasteiger partial charge >= 0.3 is 0 Å². The Balaban J connectivity index is 1.48. The first kappa shape index (κ1) is 21.9. The molecule has 2 N–H and O–H groups in total. The van der Waals surface area contributed by atoms with Gasteiger partial charge in [-0.2, -0.15) is 0 Å². The molecule has 0 radical (unpaired) electrons. The molecular formula is C21H21ClN4O3S2. The van der Waals surface area contributed by atoms with E-state index in [1.165, 1.54) is 42.1 Å². The number of fused-ring (bicyclic) bond motifs is 1. The summed E-state index contributed by atoms with van der Waals surface area (Å²) in [5.41, 5.74) is 2.33. The molecule has 31 heavy (non-hydrogen) atoms. The molecule has 1 aromatic heterocycles. The molecular weight excluding hydrogens is 456 g/mol. The number of benzene rings is 2. The van der Waals surface area contributed by atoms with Crippen molar-refractivity contribution in [1.82, 2.24) is 14.6 Å². The highest BCUT2D eigenvalue weighted by Gasteiger charge is 2.23. The Kier molecular flexibility index (Phi) is 6.40. The van der Waals surface area contributed by atoms with Crippen LogP contribution in [-0.2, 0) is 29.5 Å². The highest BCUT2D eigenvalue weighted by Crippen LogP contribution is 2.30. The predicted molar refractivity (Wildman–Crippen MR) is 122 cm³/mol. The van der Waals surface area contributed by atoms with Gasteiger partial charge < -0.3 is 0 Å². The molecule has 0 spiro atoms. The molecule has 0 fully saturated rings. The van der Waals surface area contributed by atoms with E-state index in [0.717, 1.165) is 36.6 Å². The third kappa shape index (κ3) is 4.97. The number of nitrogens with one attached hydrogen (secondary N) is 2. The van der Waals surface area contributed by atoms with Gasteiger partial charge in [0, 0.05) is 30.9 Å². The van der Waals surface area contributed by atoms with Crippen LogP contribution in [0.15, 0.2) is 53.4 Å². The van der Waals surface area contributed by atoms with Crippen LogP contribution in [0, 0.1) is 0 Å². The lowest BCUT2D eigenvalue weighted by Gasteiger charge is -2.25. The molecule has 1 aliphatic heterocycles. The van der Waals surface area contributed by atoms with Gasteiger partial charge in [0.2, 0.25) is 10.0 Å². The zero-order valence-corrected chi connectivity index (χ0v) is 19.1. The number of nitrogens with zero attached hydrogens (tertiary/aromatic N) is 2. The van der Waals surface area contributed by atoms with E-state index in [1.54, 1.807) is 0 Å². The maximum atomic E-state index is 12.8. The number of hydrogen-bond acceptors (Lipinski definition) is 6. The van der Waals surface area contributed by atoms with Crippen LogP contribution in [0.2, 0.25) is 5.02 Å². The molecule has 1 amide bonds. The Bertz CT molecular complexity index is 1210. The van der Waals surface area contributed by atoms with Gasteiger partial charge in [-0.25, -0.2) is 18.1 Å². The van der Waals surface area contributed by atoms with Crippen molar-refractivity contribution in [3.8, 4) is 0 Å². The van der Waals surface area contributed by atoms with Gasteiger partial charge in [0.1, 0.15) is 0 Å². The van der Waals surface area contributed by atoms with Crippen molar-refractivity contribution in [3.05, 3.63) is 75.3 Å². The number of aromatic nitrogens is 1. The van der Waals surface area contributed by atoms with Crippen LogP contribution in [0.3, 0.4) is 0 Å². The number of sulfonamides is 1. The fraction of sp³-hybridized carbons (Fsp3) is 0.238. The van der Waals surface area contributed by atoms with E-state index < -0.39 is 15.9 Å². The van der Waals surface area contributed by atoms with Crippen molar-refractivity contribution in [2.75, 3.05) is 18.9 Å². The smallest absolute Gasteiger partial charge is 0.259 e. The Morgan fingerprint density at radius 1 is 1.23 bits per heavy atom. The minimum Gasteiger partial charge on any atom is -0.298 e. The molecule has 1 aliphatic rings. The summed E-state index contributed by atoms with van der Waals surface area (Å²) in [6, 6.07) is 14.3. The van der Waals surface area contributed by atoms with Crippen LogP contribution >= 0.6 is 22.9 Å². The molecule has 3 aromatic rings. The monoisotopic (exact) mass is 476 g/mol. The first-order valence-corrected chi connectivity index (χ1v) is 12.3. The number of halogens is 1. The van der Waals surface area contributed by atoms with Crippen LogP contribution in [0.1, 0.15) is 26.5 Å². The van der Waals surface area contributed by atoms with Gasteiger partial charge in [0.15, 0.2) is 5.13 Å². The van der Waals surface area contributed by atoms with Crippen molar-refractivity contribution in [2.24, 2.45) is 0 Å². The van der Waals surface area contributed by atoms with Crippen LogP contribution < -0.4 is 10.0 Å². The second kappa shape index (κ2) is 9.05. The van der Waals surface area contributed by atoms with Crippen LogP contribution in [0.4, 0.5) is 5.13 Å². The molecule has 0 atom stereocenters. The van der Waals surface area contributed by atoms with Crippen LogP contribution in [-0.4, -0.2) is 37.8 Å². The summed E-state index contributed by atoms with van der Waals surface area (Å²) in [4.78, 5) is 20.8. The molecule has 0 unspecified atom stereocenters. The average Bonchev–Trinajstić information content (AvgIpc) is 3.16. The molecule has 2 aromatic carbocycles. The number of carbonyl (C=O) groups is 1. The first-order chi connectivity index (χ1) is 14.9. The third-order valence-corrected chi connectivity index (χ3v) is 7.78. The SMILES string of the molecule is CNS(=O)(=O)c1ccc(Cl)c(C(=O)Nc2nc3c(s2)CN(Cc2ccccc2)CC3)c1. The second-order valence-electron chi connectivity index (χ2n) is 7.14. The standard InChI is InChI=1S/C21H21ClN4O3S2/c1-23-31(28,29)15-7-8-17(22)16(11-15)20(27)25-21-24-18-9-10-26(13-19(18)30-21)12-14-5-3-2-4-6-14/h2-8,11,23H,9-10,12-13H2,1H3,(H,24,25,27). The zero-order valence-electron chi connectivity index (χ0n) is 16.8. The van der Waals surface area contributed by atoms with E-state index in [-0.39, 0.29) is 15.5 Å². The van der Waals surface area contributed by atoms with Gasteiger partial charge in [0.05, 0.1) is 21.2 Å². The van der Waals surface area contributed by atoms with Crippen LogP contribution in [0.5, 0.6) is 0 Å². The topological polar surface area (TPSA) is 91.4 Å². The van der Waals surface area contributed by atoms with E-state index in [2.05, 4.69) is 32.1 Å². The summed E-state index contributed by atoms with van der Waals surface area (Å²) in [7, 11) is -2.37. The number of carbonyl (C=O) groups excluding carboxylic acids is 1. The van der Waals surface area contributed by atoms with E-state index in [0.29, 0.717) is 5.13 Å². The van der Waals surface area contributed by atoms with Gasteiger partial charge in [-0.15, -0.1) is 11.3 Å². The summed E-state index contributed by atoms with van der Waals surface area (Å²) in [5.74, 6) is -0.495. The first-order valence-electron chi connectivity index (χ1n) is 9.65. The number of anilines is 1.